The topological polar surface area (TPSA) is 81.5 Å². The van der Waals surface area contributed by atoms with Crippen molar-refractivity contribution in [2.45, 2.75) is 26.8 Å². The Morgan fingerprint density at radius 1 is 1.47 bits per heavy atom. The van der Waals surface area contributed by atoms with E-state index in [0.29, 0.717) is 5.76 Å². The van der Waals surface area contributed by atoms with E-state index in [9.17, 15) is 0 Å². The second-order valence-corrected chi connectivity index (χ2v) is 3.93. The number of hydrogen-bond acceptors (Lipinski definition) is 5. The zero-order valence-corrected chi connectivity index (χ0v) is 12.2. The van der Waals surface area contributed by atoms with E-state index in [1.165, 1.54) is 0 Å². The third-order valence-corrected chi connectivity index (χ3v) is 2.15. The van der Waals surface area contributed by atoms with Crippen molar-refractivity contribution < 1.29 is 4.84 Å². The van der Waals surface area contributed by atoms with Gasteiger partial charge in [0.2, 0.25) is 0 Å². The monoisotopic (exact) mass is 267 g/mol. The van der Waals surface area contributed by atoms with Crippen LogP contribution < -0.4 is 16.1 Å². The van der Waals surface area contributed by atoms with Crippen LogP contribution in [0.25, 0.3) is 0 Å². The van der Waals surface area contributed by atoms with E-state index < -0.39 is 0 Å². The smallest absolute Gasteiger partial charge is 0.123 e. The number of nitrogens with one attached hydrogen (secondary N) is 4. The van der Waals surface area contributed by atoms with Gasteiger partial charge in [-0.1, -0.05) is 6.92 Å². The van der Waals surface area contributed by atoms with E-state index in [4.69, 9.17) is 10.2 Å². The maximum atomic E-state index is 7.07. The van der Waals surface area contributed by atoms with Crippen LogP contribution >= 0.6 is 0 Å². The van der Waals surface area contributed by atoms with Gasteiger partial charge in [0.1, 0.15) is 5.76 Å². The molecule has 108 valence electrons. The van der Waals surface area contributed by atoms with Gasteiger partial charge in [-0.2, -0.15) is 5.48 Å². The van der Waals surface area contributed by atoms with Crippen molar-refractivity contribution in [1.29, 1.82) is 5.41 Å². The van der Waals surface area contributed by atoms with Crippen LogP contribution in [0.4, 0.5) is 0 Å². The number of allylic oxidation sites excluding steroid dienone is 3. The first-order chi connectivity index (χ1) is 9.13. The largest absolute Gasteiger partial charge is 0.414 e. The molecular weight excluding hydrogens is 242 g/mol. The van der Waals surface area contributed by atoms with Crippen LogP contribution in [-0.2, 0) is 4.84 Å². The third-order valence-electron chi connectivity index (χ3n) is 2.15. The number of aliphatic imine (C=N–C) groups is 1. The fourth-order valence-corrected chi connectivity index (χ4v) is 1.31. The molecule has 0 saturated heterocycles. The summed E-state index contributed by atoms with van der Waals surface area (Å²) < 4.78 is 0. The SMILES string of the molecule is CCNC[C@@H](C)N=CC=C(/C=C(\C)ONC)NC=N. The van der Waals surface area contributed by atoms with Crippen molar-refractivity contribution in [2.24, 2.45) is 4.99 Å². The Hall–Kier alpha value is -1.66. The number of nitrogens with zero attached hydrogens (tertiary/aromatic N) is 1. The normalized spacial score (nSPS) is 14.5. The lowest BCUT2D eigenvalue weighted by Crippen LogP contribution is -2.22. The van der Waals surface area contributed by atoms with Crippen LogP contribution in [0.1, 0.15) is 20.8 Å². The molecule has 0 aliphatic carbocycles. The van der Waals surface area contributed by atoms with Crippen LogP contribution in [0.5, 0.6) is 0 Å². The summed E-state index contributed by atoms with van der Waals surface area (Å²) in [5, 5.41) is 13.1. The Bertz CT molecular complexity index is 336. The van der Waals surface area contributed by atoms with E-state index in [2.05, 4.69) is 28.0 Å². The minimum Gasteiger partial charge on any atom is -0.414 e. The van der Waals surface area contributed by atoms with Gasteiger partial charge in [0.15, 0.2) is 0 Å². The van der Waals surface area contributed by atoms with Crippen molar-refractivity contribution in [3.63, 3.8) is 0 Å². The van der Waals surface area contributed by atoms with Gasteiger partial charge in [-0.3, -0.25) is 10.4 Å². The van der Waals surface area contributed by atoms with Crippen LogP contribution in [0.3, 0.4) is 0 Å². The summed E-state index contributed by atoms with van der Waals surface area (Å²) in [6.07, 6.45) is 6.43. The van der Waals surface area contributed by atoms with Crippen molar-refractivity contribution >= 4 is 12.6 Å². The Balaban J connectivity index is 4.52. The molecule has 0 amide bonds. The van der Waals surface area contributed by atoms with Gasteiger partial charge < -0.3 is 15.5 Å². The van der Waals surface area contributed by atoms with E-state index in [0.717, 1.165) is 25.1 Å². The van der Waals surface area contributed by atoms with Crippen LogP contribution in [0.2, 0.25) is 0 Å². The van der Waals surface area contributed by atoms with Crippen LogP contribution in [0.15, 0.2) is 28.6 Å². The molecule has 0 aromatic carbocycles. The maximum absolute atomic E-state index is 7.07. The first-order valence-corrected chi connectivity index (χ1v) is 6.35. The molecule has 0 rings (SSSR count). The minimum atomic E-state index is 0.219. The molecule has 19 heavy (non-hydrogen) atoms. The average molecular weight is 267 g/mol. The molecule has 0 aliphatic rings. The molecule has 0 fully saturated rings. The fourth-order valence-electron chi connectivity index (χ4n) is 1.31. The highest BCUT2D eigenvalue weighted by Crippen LogP contribution is 1.98. The van der Waals surface area contributed by atoms with Gasteiger partial charge in [0.25, 0.3) is 0 Å². The molecule has 4 N–H and O–H groups in total. The molecule has 0 aliphatic heterocycles. The minimum absolute atomic E-state index is 0.219. The second-order valence-electron chi connectivity index (χ2n) is 3.93. The first-order valence-electron chi connectivity index (χ1n) is 6.35. The molecule has 6 nitrogen and oxygen atoms in total. The van der Waals surface area contributed by atoms with Gasteiger partial charge in [0, 0.05) is 31.6 Å². The van der Waals surface area contributed by atoms with E-state index >= 15 is 0 Å². The van der Waals surface area contributed by atoms with Crippen LogP contribution in [-0.4, -0.2) is 38.7 Å². The molecular formula is C13H25N5O. The van der Waals surface area contributed by atoms with Gasteiger partial charge in [-0.05, 0) is 26.5 Å². The van der Waals surface area contributed by atoms with E-state index in [1.807, 2.05) is 13.8 Å². The molecule has 0 bridgehead atoms. The summed E-state index contributed by atoms with van der Waals surface area (Å²) in [6.45, 7) is 7.73. The van der Waals surface area contributed by atoms with E-state index in [-0.39, 0.29) is 6.04 Å². The molecule has 0 aromatic rings. The lowest BCUT2D eigenvalue weighted by atomic mass is 10.3. The Labute approximate surface area is 115 Å². The highest BCUT2D eigenvalue weighted by molar-refractivity contribution is 5.74. The van der Waals surface area contributed by atoms with Gasteiger partial charge in [0.05, 0.1) is 12.4 Å². The van der Waals surface area contributed by atoms with Gasteiger partial charge in [-0.25, -0.2) is 0 Å². The highest BCUT2D eigenvalue weighted by Gasteiger charge is 1.95. The lowest BCUT2D eigenvalue weighted by Gasteiger charge is -2.06. The van der Waals surface area contributed by atoms with Crippen molar-refractivity contribution in [1.82, 2.24) is 16.1 Å². The van der Waals surface area contributed by atoms with Crippen molar-refractivity contribution in [2.75, 3.05) is 20.1 Å². The Morgan fingerprint density at radius 2 is 2.21 bits per heavy atom. The predicted molar refractivity (Wildman–Crippen MR) is 80.4 cm³/mol. The zero-order chi connectivity index (χ0) is 14.5. The quantitative estimate of drug-likeness (QED) is 0.158. The standard InChI is InChI=1S/C13H25N5O/c1-5-16-9-11(2)17-7-6-13(18-10-14)8-12(3)19-15-4/h6-8,10-11,15-16H,5,9H2,1-4H3,(H2,14,18)/b12-8+,13-6?,17-7?/t11-/m1/s1. The van der Waals surface area contributed by atoms with E-state index in [1.54, 1.807) is 25.4 Å². The maximum Gasteiger partial charge on any atom is 0.123 e. The molecule has 0 unspecified atom stereocenters. The number of hydrogen-bond donors (Lipinski definition) is 4. The molecule has 0 spiro atoms. The molecule has 0 saturated carbocycles. The molecule has 0 heterocycles. The lowest BCUT2D eigenvalue weighted by molar-refractivity contribution is 0.128. The van der Waals surface area contributed by atoms with Gasteiger partial charge in [-0.15, -0.1) is 0 Å². The predicted octanol–water partition coefficient (Wildman–Crippen LogP) is 1.19. The fraction of sp³-hybridized carbons (Fsp3) is 0.538. The number of hydroxylamine groups is 1. The summed E-state index contributed by atoms with van der Waals surface area (Å²) >= 11 is 0. The Kier molecular flexibility index (Phi) is 10.4. The highest BCUT2D eigenvalue weighted by atomic mass is 16.6. The Morgan fingerprint density at radius 3 is 2.79 bits per heavy atom. The van der Waals surface area contributed by atoms with Crippen LogP contribution in [0, 0.1) is 5.41 Å². The number of rotatable bonds is 10. The van der Waals surface area contributed by atoms with Gasteiger partial charge >= 0.3 is 0 Å². The summed E-state index contributed by atoms with van der Waals surface area (Å²) in [5.74, 6) is 0.692. The molecule has 1 atom stereocenters. The molecule has 0 radical (unpaired) electrons. The zero-order valence-electron chi connectivity index (χ0n) is 12.2. The van der Waals surface area contributed by atoms with Crippen molar-refractivity contribution in [3.05, 3.63) is 23.6 Å². The molecule has 0 aromatic heterocycles. The molecule has 6 heteroatoms. The first kappa shape index (κ1) is 17.3. The number of likely N-dealkylation sites (N-methyl/N-ethyl adjacent to an activating group) is 1. The summed E-state index contributed by atoms with van der Waals surface area (Å²) in [5.41, 5.74) is 3.33. The average Bonchev–Trinajstić information content (AvgIpc) is 2.36. The summed E-state index contributed by atoms with van der Waals surface area (Å²) in [6, 6.07) is 0.219. The van der Waals surface area contributed by atoms with Crippen molar-refractivity contribution in [3.8, 4) is 0 Å². The third kappa shape index (κ3) is 9.99. The summed E-state index contributed by atoms with van der Waals surface area (Å²) in [4.78, 5) is 9.47. The second kappa shape index (κ2) is 11.4. The summed E-state index contributed by atoms with van der Waals surface area (Å²) in [7, 11) is 1.69.